The number of amides is 1. The molecule has 0 unspecified atom stereocenters. The van der Waals surface area contributed by atoms with Crippen molar-refractivity contribution in [1.82, 2.24) is 10.2 Å². The summed E-state index contributed by atoms with van der Waals surface area (Å²) in [6.45, 7) is 11.6. The third kappa shape index (κ3) is 5.27. The Bertz CT molecular complexity index is 614. The van der Waals surface area contributed by atoms with E-state index >= 15 is 0 Å². The maximum Gasteiger partial charge on any atom is 0.255 e. The second-order valence-corrected chi connectivity index (χ2v) is 9.29. The quantitative estimate of drug-likeness (QED) is 0.725. The molecule has 0 spiro atoms. The Labute approximate surface area is 159 Å². The van der Waals surface area contributed by atoms with Gasteiger partial charge in [0.15, 0.2) is 0 Å². The first kappa shape index (κ1) is 20.4. The number of hydrogen-bond acceptors (Lipinski definition) is 2. The van der Waals surface area contributed by atoms with E-state index in [1.165, 1.54) is 12.1 Å². The highest BCUT2D eigenvalue weighted by Crippen LogP contribution is 2.33. The summed E-state index contributed by atoms with van der Waals surface area (Å²) in [6.07, 6.45) is 3.82. The van der Waals surface area contributed by atoms with Gasteiger partial charge in [-0.25, -0.2) is 4.39 Å². The summed E-state index contributed by atoms with van der Waals surface area (Å²) in [5.41, 5.74) is 0.473. The van der Waals surface area contributed by atoms with Crippen LogP contribution in [0.15, 0.2) is 22.7 Å². The van der Waals surface area contributed by atoms with Crippen LogP contribution in [-0.2, 0) is 0 Å². The summed E-state index contributed by atoms with van der Waals surface area (Å²) in [5, 5.41) is 3.67. The van der Waals surface area contributed by atoms with Crippen LogP contribution in [0.3, 0.4) is 0 Å². The zero-order chi connectivity index (χ0) is 18.8. The number of unbranched alkanes of at least 4 members (excludes halogenated alkanes) is 1. The minimum absolute atomic E-state index is 0.0150. The highest BCUT2D eigenvalue weighted by Gasteiger charge is 2.41. The van der Waals surface area contributed by atoms with Gasteiger partial charge in [-0.1, -0.05) is 13.3 Å². The fourth-order valence-electron chi connectivity index (χ4n) is 4.08. The molecule has 0 aliphatic carbocycles. The number of halogens is 2. The molecule has 1 N–H and O–H groups in total. The number of rotatable bonds is 5. The number of carbonyl (C=O) groups is 1. The van der Waals surface area contributed by atoms with Crippen LogP contribution in [-0.4, -0.2) is 34.5 Å². The molecule has 1 fully saturated rings. The van der Waals surface area contributed by atoms with Gasteiger partial charge in [-0.3, -0.25) is 4.79 Å². The average Bonchev–Trinajstić information content (AvgIpc) is 2.44. The van der Waals surface area contributed by atoms with Gasteiger partial charge >= 0.3 is 0 Å². The predicted octanol–water partition coefficient (Wildman–Crippen LogP) is 5.14. The Hall–Kier alpha value is -0.940. The Morgan fingerprint density at radius 2 is 1.88 bits per heavy atom. The van der Waals surface area contributed by atoms with Gasteiger partial charge < -0.3 is 10.2 Å². The van der Waals surface area contributed by atoms with Crippen LogP contribution < -0.4 is 5.32 Å². The standard InChI is InChI=1S/C20H30BrFN2O/c1-6-7-10-24(15-12-19(2,3)23-20(4,5)13-15)18(25)16-9-8-14(22)11-17(16)21/h8-9,11,15,23H,6-7,10,12-13H2,1-5H3. The van der Waals surface area contributed by atoms with E-state index in [0.29, 0.717) is 10.0 Å². The van der Waals surface area contributed by atoms with E-state index in [1.54, 1.807) is 6.07 Å². The molecule has 0 aromatic heterocycles. The third-order valence-electron chi connectivity index (χ3n) is 4.78. The van der Waals surface area contributed by atoms with Crippen molar-refractivity contribution in [2.45, 2.75) is 77.4 Å². The van der Waals surface area contributed by atoms with Crippen LogP contribution in [0.4, 0.5) is 4.39 Å². The summed E-state index contributed by atoms with van der Waals surface area (Å²) in [6, 6.07) is 4.47. The molecular weight excluding hydrogens is 383 g/mol. The van der Waals surface area contributed by atoms with Crippen molar-refractivity contribution in [3.63, 3.8) is 0 Å². The highest BCUT2D eigenvalue weighted by atomic mass is 79.9. The fourth-order valence-corrected chi connectivity index (χ4v) is 4.61. The topological polar surface area (TPSA) is 32.3 Å². The molecule has 3 nitrogen and oxygen atoms in total. The molecule has 1 aromatic rings. The number of nitrogens with zero attached hydrogens (tertiary/aromatic N) is 1. The monoisotopic (exact) mass is 412 g/mol. The molecule has 1 heterocycles. The molecule has 140 valence electrons. The predicted molar refractivity (Wildman–Crippen MR) is 104 cm³/mol. The molecule has 1 aliphatic rings. The fraction of sp³-hybridized carbons (Fsp3) is 0.650. The first-order chi connectivity index (χ1) is 11.5. The zero-order valence-corrected chi connectivity index (χ0v) is 17.5. The van der Waals surface area contributed by atoms with Gasteiger partial charge in [0.05, 0.1) is 5.56 Å². The van der Waals surface area contributed by atoms with Gasteiger partial charge in [-0.05, 0) is 81.1 Å². The number of nitrogens with one attached hydrogen (secondary N) is 1. The van der Waals surface area contributed by atoms with Gasteiger partial charge in [-0.2, -0.15) is 0 Å². The summed E-state index contributed by atoms with van der Waals surface area (Å²) in [7, 11) is 0. The lowest BCUT2D eigenvalue weighted by molar-refractivity contribution is 0.0441. The van der Waals surface area contributed by atoms with Crippen LogP contribution in [0.2, 0.25) is 0 Å². The Morgan fingerprint density at radius 1 is 1.28 bits per heavy atom. The van der Waals surface area contributed by atoms with Gasteiger partial charge in [0.2, 0.25) is 0 Å². The number of hydrogen-bond donors (Lipinski definition) is 1. The number of piperidine rings is 1. The van der Waals surface area contributed by atoms with Crippen LogP contribution in [0, 0.1) is 5.82 Å². The average molecular weight is 413 g/mol. The van der Waals surface area contributed by atoms with E-state index in [1.807, 2.05) is 4.90 Å². The lowest BCUT2D eigenvalue weighted by Gasteiger charge is -2.49. The summed E-state index contributed by atoms with van der Waals surface area (Å²) >= 11 is 3.35. The molecule has 25 heavy (non-hydrogen) atoms. The van der Waals surface area contributed by atoms with E-state index in [0.717, 1.165) is 32.2 Å². The SMILES string of the molecule is CCCCN(C(=O)c1ccc(F)cc1Br)C1CC(C)(C)NC(C)(C)C1. The van der Waals surface area contributed by atoms with Crippen molar-refractivity contribution in [2.24, 2.45) is 0 Å². The van der Waals surface area contributed by atoms with Gasteiger partial charge in [0.1, 0.15) is 5.82 Å². The molecule has 1 saturated heterocycles. The van der Waals surface area contributed by atoms with Crippen LogP contribution >= 0.6 is 15.9 Å². The summed E-state index contributed by atoms with van der Waals surface area (Å²) < 4.78 is 13.9. The second kappa shape index (κ2) is 7.75. The van der Waals surface area contributed by atoms with E-state index in [9.17, 15) is 9.18 Å². The first-order valence-corrected chi connectivity index (χ1v) is 9.89. The molecule has 1 aliphatic heterocycles. The lowest BCUT2D eigenvalue weighted by atomic mass is 9.78. The Morgan fingerprint density at radius 3 is 2.40 bits per heavy atom. The maximum absolute atomic E-state index is 13.4. The highest BCUT2D eigenvalue weighted by molar-refractivity contribution is 9.10. The largest absolute Gasteiger partial charge is 0.335 e. The molecule has 0 radical (unpaired) electrons. The maximum atomic E-state index is 13.4. The van der Waals surface area contributed by atoms with Crippen molar-refractivity contribution < 1.29 is 9.18 Å². The van der Waals surface area contributed by atoms with Crippen molar-refractivity contribution in [3.05, 3.63) is 34.1 Å². The second-order valence-electron chi connectivity index (χ2n) is 8.43. The van der Waals surface area contributed by atoms with E-state index < -0.39 is 0 Å². The van der Waals surface area contributed by atoms with Crippen molar-refractivity contribution in [2.75, 3.05) is 6.54 Å². The molecule has 0 atom stereocenters. The number of carbonyl (C=O) groups excluding carboxylic acids is 1. The zero-order valence-electron chi connectivity index (χ0n) is 16.0. The van der Waals surface area contributed by atoms with Crippen molar-refractivity contribution in [3.8, 4) is 0 Å². The molecule has 1 aromatic carbocycles. The lowest BCUT2D eigenvalue weighted by Crippen LogP contribution is -2.62. The molecule has 2 rings (SSSR count). The van der Waals surface area contributed by atoms with E-state index in [-0.39, 0.29) is 28.8 Å². The van der Waals surface area contributed by atoms with E-state index in [2.05, 4.69) is 55.9 Å². The first-order valence-electron chi connectivity index (χ1n) is 9.10. The Kier molecular flexibility index (Phi) is 6.31. The van der Waals surface area contributed by atoms with Gasteiger partial charge in [0.25, 0.3) is 5.91 Å². The van der Waals surface area contributed by atoms with Crippen LogP contribution in [0.25, 0.3) is 0 Å². The molecule has 1 amide bonds. The van der Waals surface area contributed by atoms with Crippen molar-refractivity contribution in [1.29, 1.82) is 0 Å². The van der Waals surface area contributed by atoms with Crippen LogP contribution in [0.1, 0.15) is 70.7 Å². The summed E-state index contributed by atoms with van der Waals surface area (Å²) in [5.74, 6) is -0.355. The van der Waals surface area contributed by atoms with E-state index in [4.69, 9.17) is 0 Å². The number of benzene rings is 1. The molecule has 0 bridgehead atoms. The normalized spacial score (nSPS) is 19.6. The summed E-state index contributed by atoms with van der Waals surface area (Å²) in [4.78, 5) is 15.3. The third-order valence-corrected chi connectivity index (χ3v) is 5.44. The van der Waals surface area contributed by atoms with Gasteiger partial charge in [-0.15, -0.1) is 0 Å². The van der Waals surface area contributed by atoms with Crippen LogP contribution in [0.5, 0.6) is 0 Å². The Balaban J connectivity index is 2.33. The minimum Gasteiger partial charge on any atom is -0.335 e. The molecule has 0 saturated carbocycles. The molecular formula is C20H30BrFN2O. The van der Waals surface area contributed by atoms with Gasteiger partial charge in [0, 0.05) is 28.1 Å². The smallest absolute Gasteiger partial charge is 0.255 e. The van der Waals surface area contributed by atoms with Crippen molar-refractivity contribution >= 4 is 21.8 Å². The molecule has 5 heteroatoms. The minimum atomic E-state index is -0.340.